The zero-order valence-corrected chi connectivity index (χ0v) is 13.8. The lowest BCUT2D eigenvalue weighted by Gasteiger charge is -2.14. The van der Waals surface area contributed by atoms with Crippen molar-refractivity contribution in [2.24, 2.45) is 5.73 Å². The molecule has 0 radical (unpaired) electrons. The Kier molecular flexibility index (Phi) is 5.14. The monoisotopic (exact) mass is 341 g/mol. The Hall–Kier alpha value is -2.36. The number of rotatable bonds is 5. The molecule has 2 nitrogen and oxygen atoms in total. The maximum absolute atomic E-state index is 14.4. The van der Waals surface area contributed by atoms with Gasteiger partial charge in [0, 0.05) is 17.7 Å². The summed E-state index contributed by atoms with van der Waals surface area (Å²) in [6, 6.07) is 20.3. The van der Waals surface area contributed by atoms with Crippen molar-refractivity contribution in [1.82, 2.24) is 0 Å². The van der Waals surface area contributed by atoms with Gasteiger partial charge in [-0.3, -0.25) is 0 Å². The number of hydrogen-bond acceptors (Lipinski definition) is 2. The third kappa shape index (κ3) is 3.58. The number of ether oxygens (including phenoxy) is 1. The summed E-state index contributed by atoms with van der Waals surface area (Å²) in [4.78, 5) is 0. The van der Waals surface area contributed by atoms with Crippen molar-refractivity contribution in [2.75, 3.05) is 0 Å². The summed E-state index contributed by atoms with van der Waals surface area (Å²) >= 11 is 5.91. The molecule has 0 aliphatic carbocycles. The lowest BCUT2D eigenvalue weighted by molar-refractivity contribution is 0.307. The Labute approximate surface area is 145 Å². The number of benzene rings is 3. The molecule has 0 aromatic heterocycles. The molecule has 3 aromatic carbocycles. The molecule has 3 aromatic rings. The molecule has 24 heavy (non-hydrogen) atoms. The van der Waals surface area contributed by atoms with E-state index in [-0.39, 0.29) is 5.02 Å². The predicted molar refractivity (Wildman–Crippen MR) is 95.5 cm³/mol. The molecular formula is C20H17ClFNO. The van der Waals surface area contributed by atoms with Crippen molar-refractivity contribution >= 4 is 11.6 Å². The van der Waals surface area contributed by atoms with Crippen LogP contribution in [0.15, 0.2) is 66.7 Å². The molecule has 3 rings (SSSR count). The molecule has 0 bridgehead atoms. The van der Waals surface area contributed by atoms with Gasteiger partial charge in [-0.05, 0) is 23.3 Å². The molecule has 0 amide bonds. The minimum Gasteiger partial charge on any atom is -0.488 e. The molecule has 0 unspecified atom stereocenters. The first-order valence-electron chi connectivity index (χ1n) is 7.63. The molecule has 0 saturated heterocycles. The summed E-state index contributed by atoms with van der Waals surface area (Å²) in [5.74, 6) is 0.132. The zero-order valence-electron chi connectivity index (χ0n) is 13.0. The molecule has 2 N–H and O–H groups in total. The fourth-order valence-electron chi connectivity index (χ4n) is 2.48. The van der Waals surface area contributed by atoms with Gasteiger partial charge in [0.2, 0.25) is 0 Å². The summed E-state index contributed by atoms with van der Waals surface area (Å²) in [6.07, 6.45) is 0. The van der Waals surface area contributed by atoms with E-state index in [1.807, 2.05) is 48.5 Å². The summed E-state index contributed by atoms with van der Waals surface area (Å²) in [5, 5.41) is 0.0874. The van der Waals surface area contributed by atoms with Gasteiger partial charge >= 0.3 is 0 Å². The fourth-order valence-corrected chi connectivity index (χ4v) is 2.66. The standard InChI is InChI=1S/C20H17ClFNO/c21-18-8-4-7-17(20(18)22)16-10-9-15(12-23)11-19(16)24-13-14-5-2-1-3-6-14/h1-11H,12-13,23H2. The highest BCUT2D eigenvalue weighted by Crippen LogP contribution is 2.35. The quantitative estimate of drug-likeness (QED) is 0.693. The SMILES string of the molecule is NCc1ccc(-c2cccc(Cl)c2F)c(OCc2ccccc2)c1. The lowest BCUT2D eigenvalue weighted by Crippen LogP contribution is -2.01. The van der Waals surface area contributed by atoms with Crippen LogP contribution in [0.1, 0.15) is 11.1 Å². The molecule has 0 aliphatic heterocycles. The van der Waals surface area contributed by atoms with Crippen LogP contribution in [0, 0.1) is 5.82 Å². The van der Waals surface area contributed by atoms with E-state index in [0.29, 0.717) is 30.0 Å². The van der Waals surface area contributed by atoms with Crippen molar-refractivity contribution in [3.63, 3.8) is 0 Å². The first-order valence-corrected chi connectivity index (χ1v) is 8.01. The molecule has 0 heterocycles. The van der Waals surface area contributed by atoms with Gasteiger partial charge in [0.25, 0.3) is 0 Å². The van der Waals surface area contributed by atoms with Crippen molar-refractivity contribution < 1.29 is 9.13 Å². The third-order valence-electron chi connectivity index (χ3n) is 3.76. The van der Waals surface area contributed by atoms with Gasteiger partial charge < -0.3 is 10.5 Å². The average Bonchev–Trinajstić information content (AvgIpc) is 2.63. The van der Waals surface area contributed by atoms with Gasteiger partial charge in [0.1, 0.15) is 18.2 Å². The molecule has 122 valence electrons. The van der Waals surface area contributed by atoms with Crippen LogP contribution in [0.25, 0.3) is 11.1 Å². The van der Waals surface area contributed by atoms with Crippen LogP contribution < -0.4 is 10.5 Å². The van der Waals surface area contributed by atoms with E-state index in [1.54, 1.807) is 12.1 Å². The first kappa shape index (κ1) is 16.5. The minimum absolute atomic E-state index is 0.0874. The van der Waals surface area contributed by atoms with Gasteiger partial charge in [-0.2, -0.15) is 0 Å². The van der Waals surface area contributed by atoms with Gasteiger partial charge in [0.05, 0.1) is 5.02 Å². The molecule has 0 saturated carbocycles. The number of hydrogen-bond donors (Lipinski definition) is 1. The Morgan fingerprint density at radius 2 is 1.67 bits per heavy atom. The maximum Gasteiger partial charge on any atom is 0.149 e. The fraction of sp³-hybridized carbons (Fsp3) is 0.100. The molecule has 0 fully saturated rings. The van der Waals surface area contributed by atoms with Crippen LogP contribution in [0.2, 0.25) is 5.02 Å². The molecule has 0 spiro atoms. The predicted octanol–water partition coefficient (Wildman–Crippen LogP) is 5.18. The van der Waals surface area contributed by atoms with E-state index in [4.69, 9.17) is 22.1 Å². The van der Waals surface area contributed by atoms with Crippen LogP contribution in [-0.4, -0.2) is 0 Å². The molecule has 0 atom stereocenters. The zero-order chi connectivity index (χ0) is 16.9. The van der Waals surface area contributed by atoms with Crippen molar-refractivity contribution in [1.29, 1.82) is 0 Å². The van der Waals surface area contributed by atoms with Crippen molar-refractivity contribution in [2.45, 2.75) is 13.2 Å². The van der Waals surface area contributed by atoms with Crippen molar-refractivity contribution in [3.05, 3.63) is 88.7 Å². The Bertz CT molecular complexity index is 836. The van der Waals surface area contributed by atoms with E-state index in [1.165, 1.54) is 6.07 Å². The summed E-state index contributed by atoms with van der Waals surface area (Å²) in [5.41, 5.74) is 8.74. The van der Waals surface area contributed by atoms with Crippen LogP contribution in [-0.2, 0) is 13.2 Å². The Morgan fingerprint density at radius 1 is 0.875 bits per heavy atom. The van der Waals surface area contributed by atoms with Crippen molar-refractivity contribution in [3.8, 4) is 16.9 Å². The van der Waals surface area contributed by atoms with Crippen LogP contribution in [0.4, 0.5) is 4.39 Å². The van der Waals surface area contributed by atoms with Crippen LogP contribution >= 0.6 is 11.6 Å². The highest BCUT2D eigenvalue weighted by atomic mass is 35.5. The van der Waals surface area contributed by atoms with Gasteiger partial charge in [0.15, 0.2) is 0 Å². The van der Waals surface area contributed by atoms with E-state index in [9.17, 15) is 4.39 Å². The molecule has 0 aliphatic rings. The minimum atomic E-state index is -0.454. The Balaban J connectivity index is 1.98. The third-order valence-corrected chi connectivity index (χ3v) is 4.05. The second-order valence-electron chi connectivity index (χ2n) is 5.41. The number of nitrogens with two attached hydrogens (primary N) is 1. The maximum atomic E-state index is 14.4. The second-order valence-corrected chi connectivity index (χ2v) is 5.82. The van der Waals surface area contributed by atoms with E-state index in [2.05, 4.69) is 0 Å². The average molecular weight is 342 g/mol. The first-order chi connectivity index (χ1) is 11.7. The second kappa shape index (κ2) is 7.47. The smallest absolute Gasteiger partial charge is 0.149 e. The van der Waals surface area contributed by atoms with Gasteiger partial charge in [-0.25, -0.2) is 4.39 Å². The molecular weight excluding hydrogens is 325 g/mol. The Morgan fingerprint density at radius 3 is 2.42 bits per heavy atom. The van der Waals surface area contributed by atoms with Gasteiger partial charge in [-0.1, -0.05) is 66.2 Å². The highest BCUT2D eigenvalue weighted by molar-refractivity contribution is 6.31. The molecule has 4 heteroatoms. The number of halogens is 2. The summed E-state index contributed by atoms with van der Waals surface area (Å²) in [6.45, 7) is 0.782. The van der Waals surface area contributed by atoms with Crippen LogP contribution in [0.3, 0.4) is 0 Å². The summed E-state index contributed by atoms with van der Waals surface area (Å²) < 4.78 is 20.4. The topological polar surface area (TPSA) is 35.2 Å². The normalized spacial score (nSPS) is 10.6. The highest BCUT2D eigenvalue weighted by Gasteiger charge is 2.14. The van der Waals surface area contributed by atoms with E-state index >= 15 is 0 Å². The van der Waals surface area contributed by atoms with Crippen LogP contribution in [0.5, 0.6) is 5.75 Å². The van der Waals surface area contributed by atoms with E-state index < -0.39 is 5.82 Å². The largest absolute Gasteiger partial charge is 0.488 e. The summed E-state index contributed by atoms with van der Waals surface area (Å²) in [7, 11) is 0. The van der Waals surface area contributed by atoms with Gasteiger partial charge in [-0.15, -0.1) is 0 Å². The van der Waals surface area contributed by atoms with E-state index in [0.717, 1.165) is 11.1 Å². The lowest BCUT2D eigenvalue weighted by atomic mass is 10.0.